The molecule has 21 heavy (non-hydrogen) atoms. The number of rotatable bonds is 6. The molecule has 0 aromatic heterocycles. The van der Waals surface area contributed by atoms with Crippen LogP contribution in [0.2, 0.25) is 0 Å². The summed E-state index contributed by atoms with van der Waals surface area (Å²) < 4.78 is 22.2. The molecule has 0 saturated carbocycles. The topological polar surface area (TPSA) is 113 Å². The maximum atomic E-state index is 11.6. The molecule has 0 heterocycles. The standard InChI is InChI=1S/C12H15BrN2O5S/c1-21(19,20)6-2-5-14-12(18)15-8-3-4-10(13)9(7-8)11(16)17/h3-4,7H,2,5-6H2,1H3,(H,16,17)(H2,14,15,18). The van der Waals surface area contributed by atoms with Gasteiger partial charge < -0.3 is 15.7 Å². The molecule has 1 rings (SSSR count). The summed E-state index contributed by atoms with van der Waals surface area (Å²) in [5, 5.41) is 13.9. The summed E-state index contributed by atoms with van der Waals surface area (Å²) in [7, 11) is -3.04. The molecule has 0 spiro atoms. The van der Waals surface area contributed by atoms with Gasteiger partial charge in [-0.2, -0.15) is 0 Å². The highest BCUT2D eigenvalue weighted by atomic mass is 79.9. The van der Waals surface area contributed by atoms with Crippen molar-refractivity contribution >= 4 is 43.5 Å². The van der Waals surface area contributed by atoms with Gasteiger partial charge in [-0.1, -0.05) is 0 Å². The van der Waals surface area contributed by atoms with E-state index in [1.807, 2.05) is 0 Å². The highest BCUT2D eigenvalue weighted by Gasteiger charge is 2.10. The first kappa shape index (κ1) is 17.4. The molecular weight excluding hydrogens is 364 g/mol. The van der Waals surface area contributed by atoms with Crippen LogP contribution in [-0.2, 0) is 9.84 Å². The summed E-state index contributed by atoms with van der Waals surface area (Å²) in [6, 6.07) is 3.86. The van der Waals surface area contributed by atoms with E-state index in [0.717, 1.165) is 6.26 Å². The van der Waals surface area contributed by atoms with E-state index in [0.29, 0.717) is 16.6 Å². The lowest BCUT2D eigenvalue weighted by atomic mass is 10.2. The van der Waals surface area contributed by atoms with Gasteiger partial charge >= 0.3 is 12.0 Å². The molecule has 9 heteroatoms. The van der Waals surface area contributed by atoms with E-state index < -0.39 is 21.8 Å². The van der Waals surface area contributed by atoms with E-state index in [-0.39, 0.29) is 17.9 Å². The summed E-state index contributed by atoms with van der Waals surface area (Å²) in [5.74, 6) is -1.12. The zero-order valence-corrected chi connectivity index (χ0v) is 13.6. The molecule has 116 valence electrons. The van der Waals surface area contributed by atoms with Gasteiger partial charge in [-0.25, -0.2) is 18.0 Å². The van der Waals surface area contributed by atoms with Crippen LogP contribution in [0.15, 0.2) is 22.7 Å². The molecule has 0 fully saturated rings. The molecule has 0 aliphatic carbocycles. The quantitative estimate of drug-likeness (QED) is 0.652. The van der Waals surface area contributed by atoms with Gasteiger partial charge in [0.15, 0.2) is 0 Å². The normalized spacial score (nSPS) is 11.0. The number of amides is 2. The summed E-state index contributed by atoms with van der Waals surface area (Å²) >= 11 is 3.10. The number of sulfone groups is 1. The monoisotopic (exact) mass is 378 g/mol. The second-order valence-electron chi connectivity index (χ2n) is 4.36. The highest BCUT2D eigenvalue weighted by Crippen LogP contribution is 2.21. The van der Waals surface area contributed by atoms with Crippen molar-refractivity contribution in [1.82, 2.24) is 5.32 Å². The third-order valence-electron chi connectivity index (χ3n) is 2.43. The minimum absolute atomic E-state index is 0.00523. The second-order valence-corrected chi connectivity index (χ2v) is 7.48. The first-order chi connectivity index (χ1) is 9.69. The number of hydrogen-bond acceptors (Lipinski definition) is 4. The third kappa shape index (κ3) is 6.58. The molecule has 7 nitrogen and oxygen atoms in total. The van der Waals surface area contributed by atoms with E-state index in [4.69, 9.17) is 5.11 Å². The van der Waals surface area contributed by atoms with E-state index in [1.165, 1.54) is 12.1 Å². The van der Waals surface area contributed by atoms with Gasteiger partial charge in [0.2, 0.25) is 0 Å². The smallest absolute Gasteiger partial charge is 0.336 e. The van der Waals surface area contributed by atoms with Gasteiger partial charge in [0, 0.05) is 23.0 Å². The van der Waals surface area contributed by atoms with Gasteiger partial charge in [-0.05, 0) is 40.5 Å². The Morgan fingerprint density at radius 1 is 1.33 bits per heavy atom. The van der Waals surface area contributed by atoms with Gasteiger partial charge in [0.05, 0.1) is 11.3 Å². The fraction of sp³-hybridized carbons (Fsp3) is 0.333. The number of benzene rings is 1. The van der Waals surface area contributed by atoms with E-state index >= 15 is 0 Å². The molecule has 0 aliphatic rings. The largest absolute Gasteiger partial charge is 0.478 e. The third-order valence-corrected chi connectivity index (χ3v) is 4.15. The average Bonchev–Trinajstić information content (AvgIpc) is 2.35. The van der Waals surface area contributed by atoms with Crippen LogP contribution in [-0.4, -0.2) is 44.1 Å². The SMILES string of the molecule is CS(=O)(=O)CCCNC(=O)Nc1ccc(Br)c(C(=O)O)c1. The number of anilines is 1. The number of hydrogen-bond donors (Lipinski definition) is 3. The maximum absolute atomic E-state index is 11.6. The molecule has 0 unspecified atom stereocenters. The lowest BCUT2D eigenvalue weighted by Gasteiger charge is -2.08. The van der Waals surface area contributed by atoms with Crippen LogP contribution in [0.25, 0.3) is 0 Å². The molecule has 0 bridgehead atoms. The maximum Gasteiger partial charge on any atom is 0.336 e. The van der Waals surface area contributed by atoms with Crippen LogP contribution in [0.1, 0.15) is 16.8 Å². The lowest BCUT2D eigenvalue weighted by molar-refractivity contribution is 0.0696. The minimum atomic E-state index is -3.04. The number of carboxylic acids is 1. The Morgan fingerprint density at radius 2 is 2.00 bits per heavy atom. The predicted octanol–water partition coefficient (Wildman–Crippen LogP) is 1.70. The Labute approximate surface area is 130 Å². The van der Waals surface area contributed by atoms with Crippen LogP contribution in [0.4, 0.5) is 10.5 Å². The molecule has 0 saturated heterocycles. The molecule has 0 atom stereocenters. The van der Waals surface area contributed by atoms with Crippen molar-refractivity contribution in [2.75, 3.05) is 23.9 Å². The zero-order chi connectivity index (χ0) is 16.0. The molecule has 2 amide bonds. The Balaban J connectivity index is 2.52. The Morgan fingerprint density at radius 3 is 2.57 bits per heavy atom. The summed E-state index contributed by atoms with van der Waals surface area (Å²) in [5.41, 5.74) is 0.362. The van der Waals surface area contributed by atoms with Crippen LogP contribution in [0.5, 0.6) is 0 Å². The van der Waals surface area contributed by atoms with E-state index in [1.54, 1.807) is 6.07 Å². The van der Waals surface area contributed by atoms with Crippen molar-refractivity contribution in [2.45, 2.75) is 6.42 Å². The summed E-state index contributed by atoms with van der Waals surface area (Å²) in [4.78, 5) is 22.5. The van der Waals surface area contributed by atoms with Crippen LogP contribution >= 0.6 is 15.9 Å². The van der Waals surface area contributed by atoms with Gasteiger partial charge in [-0.15, -0.1) is 0 Å². The van der Waals surface area contributed by atoms with Crippen molar-refractivity contribution < 1.29 is 23.1 Å². The number of carboxylic acid groups (broad SMARTS) is 1. The summed E-state index contributed by atoms with van der Waals surface area (Å²) in [6.07, 6.45) is 1.44. The fourth-order valence-electron chi connectivity index (χ4n) is 1.48. The molecule has 1 aromatic carbocycles. The Hall–Kier alpha value is -1.61. The highest BCUT2D eigenvalue weighted by molar-refractivity contribution is 9.10. The van der Waals surface area contributed by atoms with Crippen molar-refractivity contribution in [3.05, 3.63) is 28.2 Å². The molecule has 1 aromatic rings. The lowest BCUT2D eigenvalue weighted by Crippen LogP contribution is -2.30. The molecule has 3 N–H and O–H groups in total. The van der Waals surface area contributed by atoms with Crippen LogP contribution < -0.4 is 10.6 Å². The van der Waals surface area contributed by atoms with Crippen molar-refractivity contribution in [1.29, 1.82) is 0 Å². The van der Waals surface area contributed by atoms with Gasteiger partial charge in [0.1, 0.15) is 9.84 Å². The van der Waals surface area contributed by atoms with Crippen LogP contribution in [0, 0.1) is 0 Å². The van der Waals surface area contributed by atoms with Gasteiger partial charge in [0.25, 0.3) is 0 Å². The fourth-order valence-corrected chi connectivity index (χ4v) is 2.56. The van der Waals surface area contributed by atoms with Gasteiger partial charge in [-0.3, -0.25) is 0 Å². The number of halogens is 1. The van der Waals surface area contributed by atoms with Crippen molar-refractivity contribution in [3.63, 3.8) is 0 Å². The first-order valence-corrected chi connectivity index (χ1v) is 8.80. The predicted molar refractivity (Wildman–Crippen MR) is 82.5 cm³/mol. The Bertz CT molecular complexity index is 645. The number of carbonyl (C=O) groups is 2. The molecular formula is C12H15BrN2O5S. The van der Waals surface area contributed by atoms with Crippen LogP contribution in [0.3, 0.4) is 0 Å². The number of carbonyl (C=O) groups excluding carboxylic acids is 1. The van der Waals surface area contributed by atoms with E-state index in [2.05, 4.69) is 26.6 Å². The first-order valence-electron chi connectivity index (χ1n) is 5.94. The number of urea groups is 1. The average molecular weight is 379 g/mol. The Kier molecular flexibility index (Phi) is 6.16. The number of nitrogens with one attached hydrogen (secondary N) is 2. The summed E-state index contributed by atoms with van der Waals surface area (Å²) in [6.45, 7) is 0.210. The van der Waals surface area contributed by atoms with Crippen molar-refractivity contribution in [3.8, 4) is 0 Å². The molecule has 0 aliphatic heterocycles. The number of aromatic carboxylic acids is 1. The van der Waals surface area contributed by atoms with Crippen molar-refractivity contribution in [2.24, 2.45) is 0 Å². The molecule has 0 radical (unpaired) electrons. The van der Waals surface area contributed by atoms with E-state index in [9.17, 15) is 18.0 Å². The second kappa shape index (κ2) is 7.41. The zero-order valence-electron chi connectivity index (χ0n) is 11.2. The minimum Gasteiger partial charge on any atom is -0.478 e.